The van der Waals surface area contributed by atoms with Crippen LogP contribution < -0.4 is 10.1 Å². The number of ether oxygens (including phenoxy) is 1. The van der Waals surface area contributed by atoms with Gasteiger partial charge in [0.2, 0.25) is 0 Å². The fourth-order valence-corrected chi connectivity index (χ4v) is 1.80. The Morgan fingerprint density at radius 2 is 2.11 bits per heavy atom. The van der Waals surface area contributed by atoms with E-state index in [0.29, 0.717) is 16.9 Å². The number of methoxy groups -OCH3 is 1. The normalized spacial score (nSPS) is 13.9. The zero-order chi connectivity index (χ0) is 14.4. The summed E-state index contributed by atoms with van der Waals surface area (Å²) < 4.78 is 5.11. The summed E-state index contributed by atoms with van der Waals surface area (Å²) >= 11 is 0. The number of hydrogen-bond acceptors (Lipinski definition) is 5. The summed E-state index contributed by atoms with van der Waals surface area (Å²) in [5, 5.41) is 31.2. The smallest absolute Gasteiger partial charge is 0.307 e. The zero-order valence-corrected chi connectivity index (χ0v) is 11.0. The Balaban J connectivity index is 2.95. The van der Waals surface area contributed by atoms with Crippen LogP contribution in [0.15, 0.2) is 18.2 Å². The molecule has 2 unspecified atom stereocenters. The molecule has 2 atom stereocenters. The summed E-state index contributed by atoms with van der Waals surface area (Å²) in [4.78, 5) is 10.7. The van der Waals surface area contributed by atoms with Crippen LogP contribution >= 0.6 is 0 Å². The molecule has 0 heterocycles. The van der Waals surface area contributed by atoms with E-state index in [1.165, 1.54) is 7.11 Å². The molecule has 1 rings (SSSR count). The number of aliphatic hydroxyl groups excluding tert-OH is 2. The van der Waals surface area contributed by atoms with E-state index < -0.39 is 18.2 Å². The second kappa shape index (κ2) is 7.08. The lowest BCUT2D eigenvalue weighted by Gasteiger charge is -2.19. The van der Waals surface area contributed by atoms with Crippen molar-refractivity contribution in [1.29, 1.82) is 0 Å². The third kappa shape index (κ3) is 4.20. The minimum absolute atomic E-state index is 0.154. The minimum Gasteiger partial charge on any atom is -0.496 e. The Morgan fingerprint density at radius 1 is 1.42 bits per heavy atom. The van der Waals surface area contributed by atoms with Gasteiger partial charge in [0.1, 0.15) is 11.9 Å². The molecule has 106 valence electrons. The maximum atomic E-state index is 10.7. The Kier molecular flexibility index (Phi) is 5.75. The maximum Gasteiger partial charge on any atom is 0.307 e. The molecule has 0 saturated carbocycles. The molecule has 0 aliphatic heterocycles. The zero-order valence-electron chi connectivity index (χ0n) is 11.0. The van der Waals surface area contributed by atoms with E-state index in [1.807, 2.05) is 0 Å². The number of likely N-dealkylation sites (N-methyl/N-ethyl adjacent to an activating group) is 1. The van der Waals surface area contributed by atoms with Gasteiger partial charge in [-0.3, -0.25) is 4.79 Å². The molecule has 0 fully saturated rings. The van der Waals surface area contributed by atoms with Crippen molar-refractivity contribution in [1.82, 2.24) is 5.32 Å². The molecule has 0 aliphatic carbocycles. The number of aliphatic hydroxyl groups is 2. The van der Waals surface area contributed by atoms with Gasteiger partial charge in [0, 0.05) is 12.1 Å². The van der Waals surface area contributed by atoms with Gasteiger partial charge >= 0.3 is 5.97 Å². The van der Waals surface area contributed by atoms with E-state index in [-0.39, 0.29) is 13.0 Å². The highest BCUT2D eigenvalue weighted by molar-refractivity contribution is 5.71. The van der Waals surface area contributed by atoms with Crippen molar-refractivity contribution >= 4 is 5.97 Å². The molecule has 6 heteroatoms. The van der Waals surface area contributed by atoms with Crippen LogP contribution in [0.1, 0.15) is 17.2 Å². The molecule has 6 nitrogen and oxygen atoms in total. The van der Waals surface area contributed by atoms with E-state index in [2.05, 4.69) is 5.32 Å². The van der Waals surface area contributed by atoms with Crippen molar-refractivity contribution in [3.8, 4) is 5.75 Å². The number of carboxylic acids is 1. The molecule has 0 spiro atoms. The second-order valence-electron chi connectivity index (χ2n) is 4.21. The van der Waals surface area contributed by atoms with Gasteiger partial charge in [0.05, 0.1) is 19.6 Å². The van der Waals surface area contributed by atoms with Crippen LogP contribution in [0.3, 0.4) is 0 Å². The van der Waals surface area contributed by atoms with Crippen LogP contribution in [0.4, 0.5) is 0 Å². The first-order valence-electron chi connectivity index (χ1n) is 5.89. The van der Waals surface area contributed by atoms with E-state index >= 15 is 0 Å². The number of carboxylic acid groups (broad SMARTS) is 1. The SMILES string of the molecule is CNCC(O)C(O)c1ccc(CC(=O)O)c(OC)c1. The van der Waals surface area contributed by atoms with E-state index in [0.717, 1.165) is 0 Å². The van der Waals surface area contributed by atoms with E-state index in [9.17, 15) is 15.0 Å². The topological polar surface area (TPSA) is 99.0 Å². The molecular formula is C13H19NO5. The summed E-state index contributed by atoms with van der Waals surface area (Å²) in [6.45, 7) is 0.250. The Labute approximate surface area is 111 Å². The summed E-state index contributed by atoms with van der Waals surface area (Å²) in [5.74, 6) is -0.572. The predicted octanol–water partition coefficient (Wildman–Crippen LogP) is -0.0640. The van der Waals surface area contributed by atoms with Gasteiger partial charge in [-0.15, -0.1) is 0 Å². The molecule has 4 N–H and O–H groups in total. The molecule has 0 amide bonds. The summed E-state index contributed by atoms with van der Waals surface area (Å²) in [6.07, 6.45) is -2.15. The first-order chi connectivity index (χ1) is 8.99. The van der Waals surface area contributed by atoms with Crippen molar-refractivity contribution in [2.75, 3.05) is 20.7 Å². The second-order valence-corrected chi connectivity index (χ2v) is 4.21. The van der Waals surface area contributed by atoms with Crippen molar-refractivity contribution in [3.05, 3.63) is 29.3 Å². The fourth-order valence-electron chi connectivity index (χ4n) is 1.80. The number of nitrogens with one attached hydrogen (secondary N) is 1. The highest BCUT2D eigenvalue weighted by Gasteiger charge is 2.19. The lowest BCUT2D eigenvalue weighted by Crippen LogP contribution is -2.29. The van der Waals surface area contributed by atoms with Gasteiger partial charge in [0.15, 0.2) is 0 Å². The van der Waals surface area contributed by atoms with Gasteiger partial charge in [0.25, 0.3) is 0 Å². The molecule has 19 heavy (non-hydrogen) atoms. The first kappa shape index (κ1) is 15.4. The molecular weight excluding hydrogens is 250 g/mol. The molecule has 0 saturated heterocycles. The lowest BCUT2D eigenvalue weighted by atomic mass is 10.0. The molecule has 1 aromatic carbocycles. The van der Waals surface area contributed by atoms with Crippen LogP contribution in [0.2, 0.25) is 0 Å². The minimum atomic E-state index is -1.06. The maximum absolute atomic E-state index is 10.7. The van der Waals surface area contributed by atoms with Crippen molar-refractivity contribution in [2.45, 2.75) is 18.6 Å². The molecule has 1 aromatic rings. The van der Waals surface area contributed by atoms with Crippen molar-refractivity contribution in [2.24, 2.45) is 0 Å². The largest absolute Gasteiger partial charge is 0.496 e. The molecule has 0 bridgehead atoms. The van der Waals surface area contributed by atoms with E-state index in [4.69, 9.17) is 9.84 Å². The lowest BCUT2D eigenvalue weighted by molar-refractivity contribution is -0.136. The number of rotatable bonds is 7. The average Bonchev–Trinajstić information content (AvgIpc) is 2.38. The van der Waals surface area contributed by atoms with Gasteiger partial charge in [-0.25, -0.2) is 0 Å². The highest BCUT2D eigenvalue weighted by Crippen LogP contribution is 2.26. The summed E-state index contributed by atoms with van der Waals surface area (Å²) in [7, 11) is 3.10. The number of hydrogen-bond donors (Lipinski definition) is 4. The Morgan fingerprint density at radius 3 is 2.63 bits per heavy atom. The quantitative estimate of drug-likeness (QED) is 0.553. The monoisotopic (exact) mass is 269 g/mol. The van der Waals surface area contributed by atoms with Gasteiger partial charge in [-0.05, 0) is 18.7 Å². The number of benzene rings is 1. The van der Waals surface area contributed by atoms with Crippen molar-refractivity contribution < 1.29 is 24.9 Å². The number of aliphatic carboxylic acids is 1. The molecule has 0 aromatic heterocycles. The van der Waals surface area contributed by atoms with Crippen LogP contribution in [-0.4, -0.2) is 48.1 Å². The van der Waals surface area contributed by atoms with Gasteiger partial charge < -0.3 is 25.4 Å². The molecule has 0 aliphatic rings. The average molecular weight is 269 g/mol. The van der Waals surface area contributed by atoms with E-state index in [1.54, 1.807) is 25.2 Å². The predicted molar refractivity (Wildman–Crippen MR) is 69.2 cm³/mol. The summed E-state index contributed by atoms with van der Waals surface area (Å²) in [5.41, 5.74) is 1.00. The third-order valence-corrected chi connectivity index (χ3v) is 2.77. The number of carbonyl (C=O) groups is 1. The third-order valence-electron chi connectivity index (χ3n) is 2.77. The van der Waals surface area contributed by atoms with Crippen LogP contribution in [0.25, 0.3) is 0 Å². The first-order valence-corrected chi connectivity index (χ1v) is 5.89. The van der Waals surface area contributed by atoms with Crippen LogP contribution in [0.5, 0.6) is 5.75 Å². The van der Waals surface area contributed by atoms with Crippen LogP contribution in [0, 0.1) is 0 Å². The van der Waals surface area contributed by atoms with Crippen molar-refractivity contribution in [3.63, 3.8) is 0 Å². The fraction of sp³-hybridized carbons (Fsp3) is 0.462. The highest BCUT2D eigenvalue weighted by atomic mass is 16.5. The van der Waals surface area contributed by atoms with Crippen LogP contribution in [-0.2, 0) is 11.2 Å². The standard InChI is InChI=1S/C13H19NO5/c1-14-7-10(15)13(18)9-4-3-8(6-12(16)17)11(5-9)19-2/h3-5,10,13-15,18H,6-7H2,1-2H3,(H,16,17). The van der Waals surface area contributed by atoms with Gasteiger partial charge in [-0.2, -0.15) is 0 Å². The Hall–Kier alpha value is -1.63. The summed E-state index contributed by atoms with van der Waals surface area (Å²) in [6, 6.07) is 4.71. The molecule has 0 radical (unpaired) electrons. The van der Waals surface area contributed by atoms with Gasteiger partial charge in [-0.1, -0.05) is 12.1 Å². The Bertz CT molecular complexity index is 435.